The van der Waals surface area contributed by atoms with E-state index < -0.39 is 9.84 Å². The predicted octanol–water partition coefficient (Wildman–Crippen LogP) is 1.23. The van der Waals surface area contributed by atoms with E-state index in [1.807, 2.05) is 0 Å². The minimum absolute atomic E-state index is 0.0325. The van der Waals surface area contributed by atoms with Crippen LogP contribution < -0.4 is 5.32 Å². The molecule has 0 aromatic carbocycles. The molecule has 1 amide bonds. The van der Waals surface area contributed by atoms with E-state index in [0.29, 0.717) is 11.3 Å². The molecular formula is C13H16N4O3S3. The van der Waals surface area contributed by atoms with Crippen molar-refractivity contribution in [2.75, 3.05) is 28.8 Å². The van der Waals surface area contributed by atoms with Crippen molar-refractivity contribution in [2.45, 2.75) is 17.1 Å². The van der Waals surface area contributed by atoms with E-state index >= 15 is 0 Å². The van der Waals surface area contributed by atoms with E-state index in [0.717, 1.165) is 23.5 Å². The second kappa shape index (κ2) is 6.33. The Bertz CT molecular complexity index is 857. The van der Waals surface area contributed by atoms with Crippen LogP contribution in [0.3, 0.4) is 0 Å². The van der Waals surface area contributed by atoms with Gasteiger partial charge in [-0.15, -0.1) is 11.8 Å². The highest BCUT2D eigenvalue weighted by Crippen LogP contribution is 2.27. The smallest absolute Gasteiger partial charge is 0.239 e. The molecule has 3 rings (SSSR count). The highest BCUT2D eigenvalue weighted by molar-refractivity contribution is 8.07. The summed E-state index contributed by atoms with van der Waals surface area (Å²) in [5.74, 6) is 2.62. The molecule has 1 aliphatic rings. The third kappa shape index (κ3) is 3.48. The number of thioether (sulfide) groups is 2. The van der Waals surface area contributed by atoms with Gasteiger partial charge in [-0.3, -0.25) is 4.79 Å². The minimum Gasteiger partial charge on any atom is -0.308 e. The van der Waals surface area contributed by atoms with Crippen molar-refractivity contribution >= 4 is 50.7 Å². The van der Waals surface area contributed by atoms with Crippen LogP contribution in [-0.4, -0.2) is 57.7 Å². The van der Waals surface area contributed by atoms with E-state index in [-0.39, 0.29) is 21.9 Å². The minimum atomic E-state index is -3.54. The van der Waals surface area contributed by atoms with Gasteiger partial charge in [-0.05, 0) is 6.92 Å². The van der Waals surface area contributed by atoms with Crippen molar-refractivity contribution in [3.63, 3.8) is 0 Å². The average molecular weight is 372 g/mol. The third-order valence-corrected chi connectivity index (χ3v) is 7.17. The van der Waals surface area contributed by atoms with E-state index in [4.69, 9.17) is 0 Å². The van der Waals surface area contributed by atoms with Crippen LogP contribution >= 0.6 is 23.5 Å². The van der Waals surface area contributed by atoms with Crippen molar-refractivity contribution < 1.29 is 13.2 Å². The van der Waals surface area contributed by atoms with Gasteiger partial charge in [0.05, 0.1) is 17.1 Å². The molecule has 1 fully saturated rings. The molecule has 0 spiro atoms. The monoisotopic (exact) mass is 372 g/mol. The molecule has 1 aliphatic heterocycles. The largest absolute Gasteiger partial charge is 0.308 e. The second-order valence-electron chi connectivity index (χ2n) is 5.22. The van der Waals surface area contributed by atoms with Crippen LogP contribution in [-0.2, 0) is 14.6 Å². The third-order valence-electron chi connectivity index (χ3n) is 3.32. The molecule has 0 radical (unpaired) electrons. The summed E-state index contributed by atoms with van der Waals surface area (Å²) >= 11 is 3.31. The molecule has 2 aromatic heterocycles. The maximum absolute atomic E-state index is 12.5. The molecular weight excluding hydrogens is 356 g/mol. The molecule has 3 heterocycles. The first-order valence-corrected chi connectivity index (χ1v) is 11.0. The number of hydrogen-bond acceptors (Lipinski definition) is 7. The predicted molar refractivity (Wildman–Crippen MR) is 93.0 cm³/mol. The molecule has 7 nitrogen and oxygen atoms in total. The summed E-state index contributed by atoms with van der Waals surface area (Å²) in [6.45, 7) is 1.79. The summed E-state index contributed by atoms with van der Waals surface area (Å²) in [6.07, 6.45) is 2.36. The number of hydrogen-bond donors (Lipinski definition) is 1. The molecule has 1 atom stereocenters. The number of anilines is 1. The SMILES string of the molecule is Cc1cc2ncc(S(C)(=O)=O)c(NC(=O)C3CSCCS3)n2n1. The van der Waals surface area contributed by atoms with Crippen molar-refractivity contribution in [3.05, 3.63) is 18.0 Å². The molecule has 0 aliphatic carbocycles. The number of amides is 1. The fourth-order valence-corrected chi connectivity index (χ4v) is 5.54. The summed E-state index contributed by atoms with van der Waals surface area (Å²) in [6, 6.07) is 1.73. The van der Waals surface area contributed by atoms with E-state index in [1.54, 1.807) is 36.5 Å². The molecule has 1 saturated heterocycles. The van der Waals surface area contributed by atoms with Crippen LogP contribution in [0.15, 0.2) is 17.2 Å². The van der Waals surface area contributed by atoms with Crippen molar-refractivity contribution in [3.8, 4) is 0 Å². The van der Waals surface area contributed by atoms with Crippen LogP contribution in [0.4, 0.5) is 5.82 Å². The summed E-state index contributed by atoms with van der Waals surface area (Å²) in [7, 11) is -3.54. The number of sulfone groups is 1. The topological polar surface area (TPSA) is 93.4 Å². The zero-order valence-corrected chi connectivity index (χ0v) is 15.1. The first-order valence-electron chi connectivity index (χ1n) is 6.92. The van der Waals surface area contributed by atoms with Crippen molar-refractivity contribution in [1.29, 1.82) is 0 Å². The van der Waals surface area contributed by atoms with Crippen LogP contribution in [0, 0.1) is 6.92 Å². The highest BCUT2D eigenvalue weighted by atomic mass is 32.2. The number of fused-ring (bicyclic) bond motifs is 1. The molecule has 124 valence electrons. The Morgan fingerprint density at radius 3 is 2.87 bits per heavy atom. The van der Waals surface area contributed by atoms with Gasteiger partial charge in [-0.25, -0.2) is 13.4 Å². The molecule has 1 N–H and O–H groups in total. The van der Waals surface area contributed by atoms with Gasteiger partial charge >= 0.3 is 0 Å². The summed E-state index contributed by atoms with van der Waals surface area (Å²) < 4.78 is 25.4. The Morgan fingerprint density at radius 2 is 2.22 bits per heavy atom. The molecule has 0 bridgehead atoms. The summed E-state index contributed by atoms with van der Waals surface area (Å²) in [5, 5.41) is 6.81. The quantitative estimate of drug-likeness (QED) is 0.866. The number of carbonyl (C=O) groups is 1. The van der Waals surface area contributed by atoms with Crippen LogP contribution in [0.5, 0.6) is 0 Å². The standard InChI is InChI=1S/C13H16N4O3S3/c1-8-5-11-14-6-10(23(2,19)20)12(17(11)16-8)15-13(18)9-7-21-3-4-22-9/h5-6,9H,3-4,7H2,1-2H3,(H,15,18). The molecule has 0 saturated carbocycles. The lowest BCUT2D eigenvalue weighted by atomic mass is 10.4. The van der Waals surface area contributed by atoms with Crippen molar-refractivity contribution in [1.82, 2.24) is 14.6 Å². The zero-order chi connectivity index (χ0) is 16.6. The lowest BCUT2D eigenvalue weighted by molar-refractivity contribution is -0.115. The normalized spacial score (nSPS) is 19.0. The number of rotatable bonds is 3. The first kappa shape index (κ1) is 16.6. The Balaban J connectivity index is 2.04. The van der Waals surface area contributed by atoms with Crippen LogP contribution in [0.1, 0.15) is 5.69 Å². The lowest BCUT2D eigenvalue weighted by Crippen LogP contribution is -2.31. The molecule has 2 aromatic rings. The molecule has 10 heteroatoms. The van der Waals surface area contributed by atoms with E-state index in [9.17, 15) is 13.2 Å². The van der Waals surface area contributed by atoms with Gasteiger partial charge in [-0.1, -0.05) is 0 Å². The number of aryl methyl sites for hydroxylation is 1. The zero-order valence-electron chi connectivity index (χ0n) is 12.6. The maximum Gasteiger partial charge on any atom is 0.239 e. The van der Waals surface area contributed by atoms with Crippen molar-refractivity contribution in [2.24, 2.45) is 0 Å². The van der Waals surface area contributed by atoms with Gasteiger partial charge in [0.1, 0.15) is 4.90 Å². The molecule has 1 unspecified atom stereocenters. The average Bonchev–Trinajstić information content (AvgIpc) is 2.88. The Labute approximate surface area is 142 Å². The Morgan fingerprint density at radius 1 is 1.43 bits per heavy atom. The van der Waals surface area contributed by atoms with Gasteiger partial charge in [-0.2, -0.15) is 21.4 Å². The summed E-state index contributed by atoms with van der Waals surface area (Å²) in [5.41, 5.74) is 1.19. The van der Waals surface area contributed by atoms with Crippen LogP contribution in [0.2, 0.25) is 0 Å². The summed E-state index contributed by atoms with van der Waals surface area (Å²) in [4.78, 5) is 16.6. The second-order valence-corrected chi connectivity index (χ2v) is 9.67. The Hall–Kier alpha value is -1.26. The molecule has 23 heavy (non-hydrogen) atoms. The highest BCUT2D eigenvalue weighted by Gasteiger charge is 2.26. The van der Waals surface area contributed by atoms with Gasteiger partial charge in [0.25, 0.3) is 0 Å². The van der Waals surface area contributed by atoms with Crippen LogP contribution in [0.25, 0.3) is 5.65 Å². The van der Waals surface area contributed by atoms with E-state index in [2.05, 4.69) is 15.4 Å². The van der Waals surface area contributed by atoms with E-state index in [1.165, 1.54) is 10.7 Å². The Kier molecular flexibility index (Phi) is 4.56. The fraction of sp³-hybridized carbons (Fsp3) is 0.462. The number of aromatic nitrogens is 3. The fourth-order valence-electron chi connectivity index (χ4n) is 2.25. The van der Waals surface area contributed by atoms with Gasteiger partial charge in [0, 0.05) is 29.6 Å². The number of carbonyl (C=O) groups excluding carboxylic acids is 1. The lowest BCUT2D eigenvalue weighted by Gasteiger charge is -2.21. The number of nitrogens with one attached hydrogen (secondary N) is 1. The maximum atomic E-state index is 12.5. The van der Waals surface area contributed by atoms with Gasteiger partial charge in [0.15, 0.2) is 21.3 Å². The van der Waals surface area contributed by atoms with Gasteiger partial charge < -0.3 is 5.32 Å². The van der Waals surface area contributed by atoms with Gasteiger partial charge in [0.2, 0.25) is 5.91 Å². The number of nitrogens with zero attached hydrogens (tertiary/aromatic N) is 3. The first-order chi connectivity index (χ1) is 10.9.